The molecule has 0 bridgehead atoms. The maximum absolute atomic E-state index is 6.05. The summed E-state index contributed by atoms with van der Waals surface area (Å²) in [7, 11) is 25.3. The van der Waals surface area contributed by atoms with Gasteiger partial charge in [0.05, 0.1) is 11.4 Å². The highest BCUT2D eigenvalue weighted by Crippen LogP contribution is 2.76. The lowest BCUT2D eigenvalue weighted by Gasteiger charge is -2.49. The third-order valence-corrected chi connectivity index (χ3v) is 29.8. The summed E-state index contributed by atoms with van der Waals surface area (Å²) < 4.78 is 0. The molecule has 17 heteroatoms. The fourth-order valence-electron chi connectivity index (χ4n) is 15.9. The van der Waals surface area contributed by atoms with Gasteiger partial charge in [0.25, 0.3) is 0 Å². The molecule has 99 heavy (non-hydrogen) atoms. The number of rotatable bonds is 15. The third kappa shape index (κ3) is 11.6. The number of benzene rings is 13. The van der Waals surface area contributed by atoms with Crippen LogP contribution in [0.3, 0.4) is 0 Å². The van der Waals surface area contributed by atoms with Gasteiger partial charge in [-0.1, -0.05) is 232 Å². The smallest absolute Gasteiger partial charge is 0.160 e. The van der Waals surface area contributed by atoms with Crippen molar-refractivity contribution < 1.29 is 0 Å². The van der Waals surface area contributed by atoms with Crippen LogP contribution in [0.25, 0.3) is 78.4 Å². The summed E-state index contributed by atoms with van der Waals surface area (Å²) in [5.41, 5.74) is 31.3. The Bertz CT molecular complexity index is 4960. The molecule has 0 N–H and O–H groups in total. The molecule has 0 amide bonds. The number of nitrogens with zero attached hydrogens (tertiary/aromatic N) is 2. The lowest BCUT2D eigenvalue weighted by molar-refractivity contribution is 1.18. The highest BCUT2D eigenvalue weighted by molar-refractivity contribution is 8.35. The van der Waals surface area contributed by atoms with Crippen LogP contribution in [-0.4, -0.2) is 112 Å². The second kappa shape index (κ2) is 27.7. The van der Waals surface area contributed by atoms with E-state index in [1.807, 2.05) is 0 Å². The Labute approximate surface area is 601 Å². The van der Waals surface area contributed by atoms with Crippen LogP contribution in [0.15, 0.2) is 324 Å². The van der Waals surface area contributed by atoms with Crippen molar-refractivity contribution in [3.8, 4) is 78.4 Å². The standard InChI is InChI=1S/C82H73B13N2S2/c83-67-64(68(84)74(90)77(93)73(67)89)53-30-21-41-60(45-53)98(56-33-11-3-12-34-56,57-35-13-4-14-36-57)80-71(87)66(63-47-62(52-29-19-27-50(43-52)48-23-7-1-8-24-48)96-82(97-63)55-32-20-28-51(44-55)49-25-9-2-10-26-49)72(88)81(79(80)95)99(58-37-15-5-16-38-58,59-39-17-6-18-40-59)61-42-22-31-54(46-61)65-69(85)75(91)78(94)76(92)70(65)86/h1-47H,83-95H2. The molecule has 2 nitrogen and oxygen atoms in total. The molecule has 462 valence electrons. The molecule has 0 unspecified atom stereocenters. The Balaban J connectivity index is 1.20. The van der Waals surface area contributed by atoms with Crippen molar-refractivity contribution in [1.82, 2.24) is 9.97 Å². The predicted octanol–water partition coefficient (Wildman–Crippen LogP) is 0.186. The SMILES string of the molecule is Bc1c(B)c(B)c(-c2cccc(S(c3ccccc3)(c3ccccc3)c3c(B)c(-c4cc(-c5cccc(-c6ccccc6)c5)nc(-c5cccc(-c6ccccc6)c5)n4)c(B)c(S(c4ccccc4)(c4ccccc4)c4cccc(-c5c(B)c(B)c(B)c(B)c5B)c4)c3B)c2)c(B)c1B. The average Bonchev–Trinajstić information content (AvgIpc) is 0.691. The zero-order valence-electron chi connectivity index (χ0n) is 59.3. The van der Waals surface area contributed by atoms with Crippen LogP contribution in [0.1, 0.15) is 0 Å². The Kier molecular flexibility index (Phi) is 18.6. The molecule has 0 radical (unpaired) electrons. The number of hydrogen-bond donors (Lipinski definition) is 0. The summed E-state index contributed by atoms with van der Waals surface area (Å²) >= 11 is 0. The van der Waals surface area contributed by atoms with Crippen LogP contribution in [-0.2, 0) is 0 Å². The van der Waals surface area contributed by atoms with Crippen molar-refractivity contribution in [3.63, 3.8) is 0 Å². The van der Waals surface area contributed by atoms with E-state index in [9.17, 15) is 0 Å². The maximum Gasteiger partial charge on any atom is 0.160 e. The van der Waals surface area contributed by atoms with Gasteiger partial charge in [-0.05, 0) is 151 Å². The summed E-state index contributed by atoms with van der Waals surface area (Å²) in [6, 6.07) is 107. The Morgan fingerprint density at radius 1 is 0.182 bits per heavy atom. The summed E-state index contributed by atoms with van der Waals surface area (Å²) in [6.07, 6.45) is 0. The van der Waals surface area contributed by atoms with Crippen molar-refractivity contribution in [3.05, 3.63) is 285 Å². The van der Waals surface area contributed by atoms with Gasteiger partial charge in [-0.2, -0.15) is 0 Å². The minimum absolute atomic E-state index is 0.659. The molecule has 0 aliphatic heterocycles. The van der Waals surface area contributed by atoms with Crippen LogP contribution < -0.4 is 71.0 Å². The first-order valence-electron chi connectivity index (χ1n) is 34.6. The van der Waals surface area contributed by atoms with E-state index in [-0.39, 0.29) is 0 Å². The minimum atomic E-state index is -2.54. The first-order chi connectivity index (χ1) is 48.0. The van der Waals surface area contributed by atoms with Crippen molar-refractivity contribution >= 4 is 193 Å². The lowest BCUT2D eigenvalue weighted by Crippen LogP contribution is -2.55. The second-order valence-corrected chi connectivity index (χ2v) is 32.9. The van der Waals surface area contributed by atoms with E-state index in [1.54, 1.807) is 0 Å². The first-order valence-corrected chi connectivity index (χ1v) is 37.9. The molecule has 13 aromatic carbocycles. The summed E-state index contributed by atoms with van der Waals surface area (Å²) in [4.78, 5) is 21.9. The molecule has 0 aliphatic rings. The Morgan fingerprint density at radius 2 is 0.455 bits per heavy atom. The van der Waals surface area contributed by atoms with Crippen LogP contribution in [0, 0.1) is 0 Å². The fourth-order valence-corrected chi connectivity index (χ4v) is 24.6. The van der Waals surface area contributed by atoms with E-state index in [1.165, 1.54) is 132 Å². The fraction of sp³-hybridized carbons (Fsp3) is 0. The van der Waals surface area contributed by atoms with E-state index < -0.39 is 20.1 Å². The molecule has 0 fully saturated rings. The minimum Gasteiger partial charge on any atom is -0.228 e. The largest absolute Gasteiger partial charge is 0.228 e. The van der Waals surface area contributed by atoms with Crippen molar-refractivity contribution in [2.75, 3.05) is 0 Å². The zero-order valence-corrected chi connectivity index (χ0v) is 61.0. The highest BCUT2D eigenvalue weighted by Gasteiger charge is 2.43. The molecule has 0 spiro atoms. The molecule has 0 aliphatic carbocycles. The number of aromatic nitrogens is 2. The first kappa shape index (κ1) is 66.7. The summed E-state index contributed by atoms with van der Waals surface area (Å²) in [6.45, 7) is 0. The highest BCUT2D eigenvalue weighted by atomic mass is 32.3. The molecule has 0 atom stereocenters. The van der Waals surface area contributed by atoms with E-state index in [0.29, 0.717) is 5.82 Å². The van der Waals surface area contributed by atoms with Crippen LogP contribution in [0.5, 0.6) is 0 Å². The van der Waals surface area contributed by atoms with Gasteiger partial charge >= 0.3 is 0 Å². The second-order valence-electron chi connectivity index (χ2n) is 26.8. The zero-order chi connectivity index (χ0) is 68.9. The Hall–Kier alpha value is -9.52. The van der Waals surface area contributed by atoms with Crippen LogP contribution >= 0.6 is 20.1 Å². The normalized spacial score (nSPS) is 11.9. The lowest BCUT2D eigenvalue weighted by atomic mass is 9.60. The van der Waals surface area contributed by atoms with Crippen molar-refractivity contribution in [2.45, 2.75) is 39.2 Å². The van der Waals surface area contributed by atoms with Crippen LogP contribution in [0.2, 0.25) is 0 Å². The van der Waals surface area contributed by atoms with E-state index in [0.717, 1.165) is 50.3 Å². The predicted molar refractivity (Wildman–Crippen MR) is 466 cm³/mol. The molecule has 14 aromatic rings. The van der Waals surface area contributed by atoms with Gasteiger partial charge in [-0.25, -0.2) is 9.97 Å². The van der Waals surface area contributed by atoms with Gasteiger partial charge < -0.3 is 0 Å². The van der Waals surface area contributed by atoms with Gasteiger partial charge in [-0.3, -0.25) is 0 Å². The molecular weight excluding hydrogens is 1220 g/mol. The number of hydrogen-bond acceptors (Lipinski definition) is 2. The topological polar surface area (TPSA) is 25.8 Å². The Morgan fingerprint density at radius 3 is 0.828 bits per heavy atom. The van der Waals surface area contributed by atoms with E-state index in [2.05, 4.69) is 387 Å². The monoisotopic (exact) mass is 1290 g/mol. The maximum atomic E-state index is 6.05. The van der Waals surface area contributed by atoms with Gasteiger partial charge in [0.2, 0.25) is 0 Å². The summed E-state index contributed by atoms with van der Waals surface area (Å²) in [5.74, 6) is 0.659. The molecule has 1 aromatic heterocycles. The van der Waals surface area contributed by atoms with Crippen molar-refractivity contribution in [1.29, 1.82) is 0 Å². The average molecular weight is 1290 g/mol. The molecule has 14 rings (SSSR count). The van der Waals surface area contributed by atoms with Crippen molar-refractivity contribution in [2.24, 2.45) is 0 Å². The molecular formula is C82H73B13N2S2. The summed E-state index contributed by atoms with van der Waals surface area (Å²) in [5, 5.41) is 0. The van der Waals surface area contributed by atoms with Gasteiger partial charge in [0, 0.05) is 40.5 Å². The van der Waals surface area contributed by atoms with Gasteiger partial charge in [0.15, 0.2) is 5.82 Å². The van der Waals surface area contributed by atoms with Crippen LogP contribution in [0.4, 0.5) is 0 Å². The van der Waals surface area contributed by atoms with E-state index in [4.69, 9.17) is 9.97 Å². The van der Waals surface area contributed by atoms with E-state index >= 15 is 0 Å². The third-order valence-electron chi connectivity index (χ3n) is 21.5. The molecule has 1 heterocycles. The molecule has 0 saturated carbocycles. The van der Waals surface area contributed by atoms with Gasteiger partial charge in [-0.15, -0.1) is 52.8 Å². The molecule has 0 saturated heterocycles. The van der Waals surface area contributed by atoms with Gasteiger partial charge in [0.1, 0.15) is 102 Å². The quantitative estimate of drug-likeness (QED) is 0.137.